The van der Waals surface area contributed by atoms with Crippen molar-refractivity contribution < 1.29 is 19.5 Å². The number of carboxylic acid groups (broad SMARTS) is 1. The number of likely N-dealkylation sites (tertiary alicyclic amines) is 1. The van der Waals surface area contributed by atoms with Gasteiger partial charge in [0.1, 0.15) is 0 Å². The van der Waals surface area contributed by atoms with Gasteiger partial charge in [0.2, 0.25) is 5.91 Å². The Bertz CT molecular complexity index is 384. The van der Waals surface area contributed by atoms with Gasteiger partial charge in [-0.15, -0.1) is 0 Å². The van der Waals surface area contributed by atoms with Crippen LogP contribution >= 0.6 is 0 Å². The highest BCUT2D eigenvalue weighted by molar-refractivity contribution is 5.78. The fourth-order valence-electron chi connectivity index (χ4n) is 2.23. The fraction of sp³-hybridized carbons (Fsp3) is 0.786. The summed E-state index contributed by atoms with van der Waals surface area (Å²) >= 11 is 0. The van der Waals surface area contributed by atoms with Crippen molar-refractivity contribution in [2.45, 2.75) is 33.1 Å². The highest BCUT2D eigenvalue weighted by Crippen LogP contribution is 2.19. The maximum Gasteiger partial charge on any atom is 0.317 e. The number of carboxylic acids is 1. The summed E-state index contributed by atoms with van der Waals surface area (Å²) < 4.78 is 0. The van der Waals surface area contributed by atoms with Gasteiger partial charge in [-0.1, -0.05) is 13.8 Å². The Hall–Kier alpha value is -1.79. The SMILES string of the molecule is CC(C)CNC(=O)CCNC(=O)N1CCC(CC(=O)O)C1. The average Bonchev–Trinajstić information content (AvgIpc) is 2.84. The number of carbonyl (C=O) groups is 3. The first-order chi connectivity index (χ1) is 9.88. The van der Waals surface area contributed by atoms with Gasteiger partial charge in [-0.2, -0.15) is 0 Å². The lowest BCUT2D eigenvalue weighted by molar-refractivity contribution is -0.138. The van der Waals surface area contributed by atoms with Crippen molar-refractivity contribution in [1.29, 1.82) is 0 Å². The lowest BCUT2D eigenvalue weighted by Crippen LogP contribution is -2.40. The second-order valence-electron chi connectivity index (χ2n) is 5.88. The summed E-state index contributed by atoms with van der Waals surface area (Å²) in [6, 6.07) is -0.223. The van der Waals surface area contributed by atoms with Crippen LogP contribution in [-0.2, 0) is 9.59 Å². The molecule has 3 amide bonds. The molecule has 1 atom stereocenters. The summed E-state index contributed by atoms with van der Waals surface area (Å²) in [5.74, 6) is -0.472. The molecule has 0 aliphatic carbocycles. The molecule has 0 aromatic heterocycles. The standard InChI is InChI=1S/C14H25N3O4/c1-10(2)8-16-12(18)3-5-15-14(21)17-6-4-11(9-17)7-13(19)20/h10-11H,3-9H2,1-2H3,(H,15,21)(H,16,18)(H,19,20). The largest absolute Gasteiger partial charge is 0.481 e. The van der Waals surface area contributed by atoms with E-state index in [0.717, 1.165) is 0 Å². The molecule has 3 N–H and O–H groups in total. The molecular weight excluding hydrogens is 274 g/mol. The van der Waals surface area contributed by atoms with Crippen molar-refractivity contribution in [2.24, 2.45) is 11.8 Å². The summed E-state index contributed by atoms with van der Waals surface area (Å²) in [5.41, 5.74) is 0. The molecule has 1 rings (SSSR count). The van der Waals surface area contributed by atoms with Gasteiger partial charge in [-0.3, -0.25) is 9.59 Å². The van der Waals surface area contributed by atoms with E-state index >= 15 is 0 Å². The molecular formula is C14H25N3O4. The van der Waals surface area contributed by atoms with Crippen LogP contribution in [0.2, 0.25) is 0 Å². The van der Waals surface area contributed by atoms with E-state index in [-0.39, 0.29) is 30.7 Å². The van der Waals surface area contributed by atoms with E-state index in [4.69, 9.17) is 5.11 Å². The zero-order valence-corrected chi connectivity index (χ0v) is 12.7. The van der Waals surface area contributed by atoms with Gasteiger partial charge in [0.25, 0.3) is 0 Å². The fourth-order valence-corrected chi connectivity index (χ4v) is 2.23. The van der Waals surface area contributed by atoms with Crippen molar-refractivity contribution >= 4 is 17.9 Å². The van der Waals surface area contributed by atoms with Gasteiger partial charge < -0.3 is 20.6 Å². The van der Waals surface area contributed by atoms with Gasteiger partial charge in [0.05, 0.1) is 0 Å². The quantitative estimate of drug-likeness (QED) is 0.643. The highest BCUT2D eigenvalue weighted by atomic mass is 16.4. The van der Waals surface area contributed by atoms with Crippen molar-refractivity contribution in [3.63, 3.8) is 0 Å². The summed E-state index contributed by atoms with van der Waals surface area (Å²) in [6.07, 6.45) is 1.07. The summed E-state index contributed by atoms with van der Waals surface area (Å²) in [5, 5.41) is 14.2. The molecule has 1 aliphatic rings. The van der Waals surface area contributed by atoms with Crippen molar-refractivity contribution in [3.05, 3.63) is 0 Å². The molecule has 0 aromatic rings. The van der Waals surface area contributed by atoms with Crippen LogP contribution in [-0.4, -0.2) is 54.1 Å². The molecule has 120 valence electrons. The Morgan fingerprint density at radius 1 is 1.29 bits per heavy atom. The molecule has 21 heavy (non-hydrogen) atoms. The number of amides is 3. The second kappa shape index (κ2) is 8.49. The Kier molecular flexibility index (Phi) is 6.98. The number of hydrogen-bond acceptors (Lipinski definition) is 3. The number of nitrogens with one attached hydrogen (secondary N) is 2. The molecule has 1 unspecified atom stereocenters. The average molecular weight is 299 g/mol. The van der Waals surface area contributed by atoms with Crippen LogP contribution in [0.3, 0.4) is 0 Å². The minimum absolute atomic E-state index is 0.0302. The van der Waals surface area contributed by atoms with Crippen molar-refractivity contribution in [2.75, 3.05) is 26.2 Å². The van der Waals surface area contributed by atoms with E-state index in [1.54, 1.807) is 4.90 Å². The molecule has 1 fully saturated rings. The highest BCUT2D eigenvalue weighted by Gasteiger charge is 2.27. The lowest BCUT2D eigenvalue weighted by atomic mass is 10.1. The summed E-state index contributed by atoms with van der Waals surface area (Å²) in [6.45, 7) is 6.01. The third-order valence-electron chi connectivity index (χ3n) is 3.37. The number of aliphatic carboxylic acids is 1. The normalized spacial score (nSPS) is 17.9. The first-order valence-corrected chi connectivity index (χ1v) is 7.39. The zero-order valence-electron chi connectivity index (χ0n) is 12.7. The van der Waals surface area contributed by atoms with E-state index in [0.29, 0.717) is 38.5 Å². The molecule has 0 saturated carbocycles. The molecule has 1 heterocycles. The topological polar surface area (TPSA) is 98.7 Å². The number of carbonyl (C=O) groups excluding carboxylic acids is 2. The molecule has 7 nitrogen and oxygen atoms in total. The molecule has 1 saturated heterocycles. The van der Waals surface area contributed by atoms with Crippen LogP contribution in [0.1, 0.15) is 33.1 Å². The molecule has 7 heteroatoms. The number of rotatable bonds is 7. The minimum atomic E-state index is -0.830. The first kappa shape index (κ1) is 17.3. The van der Waals surface area contributed by atoms with Crippen LogP contribution in [0.4, 0.5) is 4.79 Å². The third kappa shape index (κ3) is 6.97. The minimum Gasteiger partial charge on any atom is -0.481 e. The number of urea groups is 1. The van der Waals surface area contributed by atoms with Crippen LogP contribution in [0, 0.1) is 11.8 Å². The lowest BCUT2D eigenvalue weighted by Gasteiger charge is -2.17. The van der Waals surface area contributed by atoms with Gasteiger partial charge in [-0.05, 0) is 18.3 Å². The third-order valence-corrected chi connectivity index (χ3v) is 3.37. The van der Waals surface area contributed by atoms with Gasteiger partial charge >= 0.3 is 12.0 Å². The zero-order chi connectivity index (χ0) is 15.8. The maximum absolute atomic E-state index is 11.9. The van der Waals surface area contributed by atoms with Crippen molar-refractivity contribution in [3.8, 4) is 0 Å². The summed E-state index contributed by atoms with van der Waals surface area (Å²) in [7, 11) is 0. The predicted molar refractivity (Wildman–Crippen MR) is 77.8 cm³/mol. The molecule has 0 bridgehead atoms. The molecule has 0 spiro atoms. The maximum atomic E-state index is 11.9. The smallest absolute Gasteiger partial charge is 0.317 e. The van der Waals surface area contributed by atoms with Gasteiger partial charge in [0.15, 0.2) is 0 Å². The van der Waals surface area contributed by atoms with Gasteiger partial charge in [-0.25, -0.2) is 4.79 Å². The molecule has 0 radical (unpaired) electrons. The monoisotopic (exact) mass is 299 g/mol. The Morgan fingerprint density at radius 2 is 2.00 bits per heavy atom. The molecule has 0 aromatic carbocycles. The Balaban J connectivity index is 2.17. The Morgan fingerprint density at radius 3 is 2.62 bits per heavy atom. The van der Waals surface area contributed by atoms with Crippen LogP contribution in [0.5, 0.6) is 0 Å². The van der Waals surface area contributed by atoms with Crippen LogP contribution in [0.15, 0.2) is 0 Å². The summed E-state index contributed by atoms with van der Waals surface area (Å²) in [4.78, 5) is 35.6. The van der Waals surface area contributed by atoms with E-state index in [9.17, 15) is 14.4 Å². The number of nitrogens with zero attached hydrogens (tertiary/aromatic N) is 1. The first-order valence-electron chi connectivity index (χ1n) is 7.39. The van der Waals surface area contributed by atoms with E-state index in [2.05, 4.69) is 10.6 Å². The van der Waals surface area contributed by atoms with Gasteiger partial charge in [0, 0.05) is 39.0 Å². The number of hydrogen-bond donors (Lipinski definition) is 3. The van der Waals surface area contributed by atoms with E-state index < -0.39 is 5.97 Å². The predicted octanol–water partition coefficient (Wildman–Crippen LogP) is 0.655. The van der Waals surface area contributed by atoms with Crippen molar-refractivity contribution in [1.82, 2.24) is 15.5 Å². The van der Waals surface area contributed by atoms with Crippen LogP contribution in [0.25, 0.3) is 0 Å². The second-order valence-corrected chi connectivity index (χ2v) is 5.88. The van der Waals surface area contributed by atoms with E-state index in [1.165, 1.54) is 0 Å². The molecule has 1 aliphatic heterocycles. The van der Waals surface area contributed by atoms with E-state index in [1.807, 2.05) is 13.8 Å². The Labute approximate surface area is 125 Å². The van der Waals surface area contributed by atoms with Crippen LogP contribution < -0.4 is 10.6 Å².